The molecule has 0 bridgehead atoms. The van der Waals surface area contributed by atoms with Gasteiger partial charge in [-0.1, -0.05) is 12.1 Å². The third kappa shape index (κ3) is 5.86. The van der Waals surface area contributed by atoms with Crippen LogP contribution in [0.3, 0.4) is 0 Å². The first-order valence-electron chi connectivity index (χ1n) is 11.0. The largest absolute Gasteiger partial charge is 0.573 e. The van der Waals surface area contributed by atoms with E-state index in [9.17, 15) is 31.1 Å². The number of hydrogen-bond donors (Lipinski definition) is 2. The third-order valence-corrected chi connectivity index (χ3v) is 6.07. The van der Waals surface area contributed by atoms with E-state index in [0.29, 0.717) is 22.0 Å². The van der Waals surface area contributed by atoms with Crippen LogP contribution in [0.2, 0.25) is 0 Å². The molecule has 0 saturated carbocycles. The first-order valence-corrected chi connectivity index (χ1v) is 11.0. The number of benzene rings is 2. The van der Waals surface area contributed by atoms with Crippen molar-refractivity contribution in [2.45, 2.75) is 37.9 Å². The first kappa shape index (κ1) is 25.7. The fraction of sp³-hybridized carbons (Fsp3) is 0.375. The zero-order valence-electron chi connectivity index (χ0n) is 18.9. The first-order chi connectivity index (χ1) is 16.8. The van der Waals surface area contributed by atoms with Gasteiger partial charge in [-0.2, -0.15) is 13.2 Å². The average molecular weight is 516 g/mol. The number of ether oxygens (including phenoxy) is 2. The summed E-state index contributed by atoms with van der Waals surface area (Å²) in [6.45, 7) is 0.367. The lowest BCUT2D eigenvalue weighted by atomic mass is 9.87. The van der Waals surface area contributed by atoms with Crippen molar-refractivity contribution >= 4 is 16.9 Å². The summed E-state index contributed by atoms with van der Waals surface area (Å²) in [7, 11) is 0. The number of carboxylic acid groups (broad SMARTS) is 1. The van der Waals surface area contributed by atoms with Crippen LogP contribution < -0.4 is 9.47 Å². The van der Waals surface area contributed by atoms with Crippen molar-refractivity contribution in [2.24, 2.45) is 0 Å². The second-order valence-corrected chi connectivity index (χ2v) is 8.66. The molecule has 3 aromatic rings. The highest BCUT2D eigenvalue weighted by Gasteiger charge is 2.39. The van der Waals surface area contributed by atoms with Crippen LogP contribution in [0.5, 0.6) is 11.5 Å². The molecule has 36 heavy (non-hydrogen) atoms. The summed E-state index contributed by atoms with van der Waals surface area (Å²) >= 11 is 0. The summed E-state index contributed by atoms with van der Waals surface area (Å²) in [5, 5.41) is 9.50. The van der Waals surface area contributed by atoms with Crippen LogP contribution in [-0.4, -0.2) is 59.2 Å². The molecule has 1 saturated heterocycles. The van der Waals surface area contributed by atoms with Crippen molar-refractivity contribution in [3.8, 4) is 11.5 Å². The van der Waals surface area contributed by atoms with Crippen LogP contribution in [0.25, 0.3) is 10.9 Å². The summed E-state index contributed by atoms with van der Waals surface area (Å²) in [5.41, 5.74) is 1.53. The molecule has 1 aliphatic heterocycles. The Balaban J connectivity index is 1.72. The molecule has 4 rings (SSSR count). The monoisotopic (exact) mass is 516 g/mol. The molecule has 1 aromatic heterocycles. The van der Waals surface area contributed by atoms with E-state index in [4.69, 9.17) is 9.84 Å². The summed E-state index contributed by atoms with van der Waals surface area (Å²) in [5.74, 6) is -2.57. The van der Waals surface area contributed by atoms with Crippen LogP contribution in [0.4, 0.5) is 26.3 Å². The summed E-state index contributed by atoms with van der Waals surface area (Å²) in [6, 6.07) is 8.34. The molecule has 2 N–H and O–H groups in total. The quantitative estimate of drug-likeness (QED) is 0.401. The minimum absolute atomic E-state index is 0.00545. The van der Waals surface area contributed by atoms with Crippen LogP contribution in [-0.2, 0) is 0 Å². The van der Waals surface area contributed by atoms with Crippen LogP contribution >= 0.6 is 0 Å². The Morgan fingerprint density at radius 3 is 2.44 bits per heavy atom. The number of H-pyrrole nitrogens is 1. The molecule has 2 atom stereocenters. The van der Waals surface area contributed by atoms with Crippen molar-refractivity contribution in [2.75, 3.05) is 19.6 Å². The van der Waals surface area contributed by atoms with Gasteiger partial charge in [0.1, 0.15) is 6.10 Å². The fourth-order valence-corrected chi connectivity index (χ4v) is 4.55. The predicted octanol–water partition coefficient (Wildman–Crippen LogP) is 5.87. The van der Waals surface area contributed by atoms with E-state index in [1.807, 2.05) is 0 Å². The van der Waals surface area contributed by atoms with Gasteiger partial charge in [-0.25, -0.2) is 4.79 Å². The van der Waals surface area contributed by atoms with E-state index in [2.05, 4.69) is 9.72 Å². The van der Waals surface area contributed by atoms with Crippen LogP contribution in [0.1, 0.15) is 33.8 Å². The number of fused-ring (bicyclic) bond motifs is 1. The molecule has 0 unspecified atom stereocenters. The summed E-state index contributed by atoms with van der Waals surface area (Å²) < 4.78 is 89.1. The lowest BCUT2D eigenvalue weighted by molar-refractivity contribution is -0.275. The molecule has 0 radical (unpaired) electrons. The van der Waals surface area contributed by atoms with Gasteiger partial charge in [0.2, 0.25) is 0 Å². The normalized spacial score (nSPS) is 19.4. The van der Waals surface area contributed by atoms with Crippen molar-refractivity contribution < 1.29 is 45.7 Å². The second kappa shape index (κ2) is 9.57. The maximum absolute atomic E-state index is 13.2. The van der Waals surface area contributed by atoms with Gasteiger partial charge in [-0.05, 0) is 48.7 Å². The van der Waals surface area contributed by atoms with Crippen molar-refractivity contribution in [1.82, 2.24) is 9.88 Å². The van der Waals surface area contributed by atoms with Gasteiger partial charge in [0, 0.05) is 30.6 Å². The maximum atomic E-state index is 13.2. The fourth-order valence-electron chi connectivity index (χ4n) is 4.55. The number of aryl methyl sites for hydroxylation is 1. The number of alkyl halides is 6. The number of piperidine rings is 1. The molecule has 0 aliphatic carbocycles. The highest BCUT2D eigenvalue weighted by molar-refractivity contribution is 5.91. The zero-order valence-corrected chi connectivity index (χ0v) is 18.9. The number of aromatic amines is 1. The molecule has 0 spiro atoms. The minimum atomic E-state index is -4.99. The Morgan fingerprint density at radius 2 is 1.83 bits per heavy atom. The number of nitrogens with zero attached hydrogens (tertiary/aromatic N) is 1. The highest BCUT2D eigenvalue weighted by Crippen LogP contribution is 2.43. The molecule has 194 valence electrons. The van der Waals surface area contributed by atoms with Gasteiger partial charge in [-0.15, -0.1) is 13.2 Å². The SMILES string of the molecule is Cc1cc(OC(F)(F)F)c(O[C@@H]2CCN(CC(F)(F)F)C[C@H]2c2ccc(C(=O)O)cc2)c2cc[nH]c12. The number of aromatic carboxylic acids is 1. The Hall–Kier alpha value is -3.41. The van der Waals surface area contributed by atoms with E-state index in [1.165, 1.54) is 47.5 Å². The number of aromatic nitrogens is 1. The Kier molecular flexibility index (Phi) is 6.82. The Morgan fingerprint density at radius 1 is 1.14 bits per heavy atom. The van der Waals surface area contributed by atoms with Crippen molar-refractivity contribution in [3.63, 3.8) is 0 Å². The molecule has 0 amide bonds. The van der Waals surface area contributed by atoms with Gasteiger partial charge in [0.05, 0.1) is 17.6 Å². The van der Waals surface area contributed by atoms with Crippen molar-refractivity contribution in [3.05, 3.63) is 59.3 Å². The number of hydrogen-bond acceptors (Lipinski definition) is 4. The highest BCUT2D eigenvalue weighted by atomic mass is 19.4. The maximum Gasteiger partial charge on any atom is 0.573 e. The van der Waals surface area contributed by atoms with Gasteiger partial charge < -0.3 is 19.6 Å². The minimum Gasteiger partial charge on any atom is -0.485 e. The number of halogens is 6. The number of carbonyl (C=O) groups is 1. The molecule has 2 aromatic carbocycles. The lowest BCUT2D eigenvalue weighted by Crippen LogP contribution is -2.47. The molecule has 12 heteroatoms. The van der Waals surface area contributed by atoms with E-state index < -0.39 is 42.8 Å². The van der Waals surface area contributed by atoms with E-state index in [-0.39, 0.29) is 30.8 Å². The third-order valence-electron chi connectivity index (χ3n) is 6.07. The average Bonchev–Trinajstić information content (AvgIpc) is 3.26. The molecular weight excluding hydrogens is 494 g/mol. The van der Waals surface area contributed by atoms with Gasteiger partial charge >= 0.3 is 18.5 Å². The predicted molar refractivity (Wildman–Crippen MR) is 117 cm³/mol. The van der Waals surface area contributed by atoms with Gasteiger partial charge in [0.15, 0.2) is 11.5 Å². The molecule has 6 nitrogen and oxygen atoms in total. The van der Waals surface area contributed by atoms with E-state index >= 15 is 0 Å². The van der Waals surface area contributed by atoms with Crippen LogP contribution in [0, 0.1) is 6.92 Å². The summed E-state index contributed by atoms with van der Waals surface area (Å²) in [6.07, 6.45) is -8.60. The second-order valence-electron chi connectivity index (χ2n) is 8.66. The number of rotatable bonds is 6. The van der Waals surface area contributed by atoms with E-state index in [1.54, 1.807) is 6.92 Å². The van der Waals surface area contributed by atoms with Crippen LogP contribution in [0.15, 0.2) is 42.6 Å². The number of carboxylic acids is 1. The lowest BCUT2D eigenvalue weighted by Gasteiger charge is -2.39. The smallest absolute Gasteiger partial charge is 0.485 e. The molecule has 1 fully saturated rings. The zero-order chi connectivity index (χ0) is 26.3. The molecule has 1 aliphatic rings. The Labute approximate surface area is 201 Å². The molecular formula is C24H22F6N2O4. The Bertz CT molecular complexity index is 1240. The van der Waals surface area contributed by atoms with Crippen molar-refractivity contribution in [1.29, 1.82) is 0 Å². The standard InChI is InChI=1S/C24H22F6N2O4/c1-13-10-19(36-24(28,29)30)21(16-6-8-31-20(13)16)35-18-7-9-32(12-23(25,26)27)11-17(18)14-2-4-15(5-3-14)22(33)34/h2-6,8,10,17-18,31H,7,9,11-12H2,1H3,(H,33,34)/t17-,18+/m0/s1. The van der Waals surface area contributed by atoms with Gasteiger partial charge in [-0.3, -0.25) is 4.90 Å². The van der Waals surface area contributed by atoms with Gasteiger partial charge in [0.25, 0.3) is 0 Å². The van der Waals surface area contributed by atoms with E-state index in [0.717, 1.165) is 0 Å². The summed E-state index contributed by atoms with van der Waals surface area (Å²) in [4.78, 5) is 15.4. The number of nitrogens with one attached hydrogen (secondary N) is 1. The molecule has 2 heterocycles. The number of likely N-dealkylation sites (tertiary alicyclic amines) is 1. The topological polar surface area (TPSA) is 74.8 Å².